The minimum Gasteiger partial charge on any atom is -0.477 e. The molecule has 6 aromatic rings. The molecular weight excluding hydrogens is 667 g/mol. The van der Waals surface area contributed by atoms with Gasteiger partial charge in [-0.05, 0) is 102 Å². The van der Waals surface area contributed by atoms with Gasteiger partial charge in [-0.3, -0.25) is 0 Å². The molecule has 10 heteroatoms. The van der Waals surface area contributed by atoms with Crippen LogP contribution < -0.4 is 4.90 Å². The van der Waals surface area contributed by atoms with Crippen LogP contribution in [-0.2, 0) is 0 Å². The summed E-state index contributed by atoms with van der Waals surface area (Å²) in [5.74, 6) is -0.945. The third-order valence-corrected chi connectivity index (χ3v) is 10.6. The second-order valence-corrected chi connectivity index (χ2v) is 13.7. The Morgan fingerprint density at radius 3 is 1.18 bits per heavy atom. The number of carboxylic acid groups (broad SMARTS) is 1. The number of hydrogen-bond donors (Lipinski definition) is 1. The van der Waals surface area contributed by atoms with E-state index in [4.69, 9.17) is 21.0 Å². The second kappa shape index (κ2) is 14.5. The maximum atomic E-state index is 11.4. The van der Waals surface area contributed by atoms with E-state index in [0.29, 0.717) is 0 Å². The Labute approximate surface area is 294 Å². The number of aromatic carboxylic acids is 1. The highest BCUT2D eigenvalue weighted by molar-refractivity contribution is 7.17. The van der Waals surface area contributed by atoms with Crippen LogP contribution in [0.25, 0.3) is 43.5 Å². The maximum absolute atomic E-state index is 11.4. The van der Waals surface area contributed by atoms with Crippen LogP contribution in [0.1, 0.15) is 19.4 Å². The smallest absolute Gasteiger partial charge is 0.345 e. The number of anilines is 3. The highest BCUT2D eigenvalue weighted by atomic mass is 32.1. The predicted octanol–water partition coefficient (Wildman–Crippen LogP) is 10.9. The lowest BCUT2D eigenvalue weighted by atomic mass is 10.1. The van der Waals surface area contributed by atoms with Crippen molar-refractivity contribution in [2.24, 2.45) is 0 Å². The van der Waals surface area contributed by atoms with Crippen molar-refractivity contribution in [3.8, 4) is 55.6 Å². The molecule has 0 unspecified atom stereocenters. The predicted molar refractivity (Wildman–Crippen MR) is 196 cm³/mol. The topological polar surface area (TPSA) is 136 Å². The van der Waals surface area contributed by atoms with Crippen molar-refractivity contribution in [3.05, 3.63) is 135 Å². The largest absolute Gasteiger partial charge is 0.477 e. The molecule has 0 radical (unpaired) electrons. The maximum Gasteiger partial charge on any atom is 0.345 e. The minimum absolute atomic E-state index is 0.0568. The molecule has 0 bridgehead atoms. The van der Waals surface area contributed by atoms with E-state index in [2.05, 4.69) is 4.90 Å². The van der Waals surface area contributed by atoms with E-state index in [0.717, 1.165) is 58.1 Å². The summed E-state index contributed by atoms with van der Waals surface area (Å²) < 4.78 is 0. The average molecular weight is 688 g/mol. The molecule has 0 saturated heterocycles. The number of nitrogens with zero attached hydrogens (tertiary/aromatic N) is 5. The number of rotatable bonds is 9. The molecule has 6 rings (SSSR count). The summed E-state index contributed by atoms with van der Waals surface area (Å²) in [5.41, 5.74) is 5.79. The first-order chi connectivity index (χ1) is 23.9. The molecule has 3 heterocycles. The van der Waals surface area contributed by atoms with Crippen molar-refractivity contribution in [3.63, 3.8) is 0 Å². The number of benzene rings is 3. The molecule has 0 aliphatic rings. The standard InChI is InChI=1S/C39H21N5O2S3/c40-21-25(22-41)19-33-13-15-35(47-33)27-1-7-30(8-2-27)44(32-11-5-29(6-12-32)37-17-18-38(49-37)39(45)46)31-9-3-28(4-10-31)36-16-14-34(48-36)20-26(23-42)24-43/h1-20H,(H,45,46). The summed E-state index contributed by atoms with van der Waals surface area (Å²) in [7, 11) is 0. The Morgan fingerprint density at radius 2 is 0.857 bits per heavy atom. The van der Waals surface area contributed by atoms with Crippen LogP contribution in [0.4, 0.5) is 17.1 Å². The van der Waals surface area contributed by atoms with Crippen LogP contribution in [0.2, 0.25) is 0 Å². The van der Waals surface area contributed by atoms with E-state index < -0.39 is 5.97 Å². The van der Waals surface area contributed by atoms with Crippen molar-refractivity contribution in [2.75, 3.05) is 4.90 Å². The molecular formula is C39H21N5O2S3. The number of hydrogen-bond acceptors (Lipinski definition) is 9. The first kappa shape index (κ1) is 32.4. The van der Waals surface area contributed by atoms with Gasteiger partial charge in [0.2, 0.25) is 0 Å². The fourth-order valence-electron chi connectivity index (χ4n) is 5.01. The molecule has 0 spiro atoms. The Balaban J connectivity index is 1.34. The number of thiophene rings is 3. The zero-order valence-corrected chi connectivity index (χ0v) is 27.8. The highest BCUT2D eigenvalue weighted by Gasteiger charge is 2.15. The van der Waals surface area contributed by atoms with Crippen molar-refractivity contribution < 1.29 is 9.90 Å². The van der Waals surface area contributed by atoms with Gasteiger partial charge in [0, 0.05) is 41.4 Å². The fourth-order valence-corrected chi connectivity index (χ4v) is 7.78. The van der Waals surface area contributed by atoms with Gasteiger partial charge in [-0.15, -0.1) is 34.0 Å². The molecule has 49 heavy (non-hydrogen) atoms. The van der Waals surface area contributed by atoms with Crippen molar-refractivity contribution in [1.29, 1.82) is 21.0 Å². The van der Waals surface area contributed by atoms with Crippen molar-refractivity contribution in [2.45, 2.75) is 0 Å². The number of nitriles is 4. The lowest BCUT2D eigenvalue weighted by Gasteiger charge is -2.26. The lowest BCUT2D eigenvalue weighted by molar-refractivity contribution is 0.0702. The van der Waals surface area contributed by atoms with Crippen LogP contribution in [-0.4, -0.2) is 11.1 Å². The Morgan fingerprint density at radius 1 is 0.510 bits per heavy atom. The van der Waals surface area contributed by atoms with Gasteiger partial charge in [0.15, 0.2) is 0 Å². The van der Waals surface area contributed by atoms with Crippen LogP contribution in [0.15, 0.2) is 120 Å². The van der Waals surface area contributed by atoms with Crippen molar-refractivity contribution in [1.82, 2.24) is 0 Å². The Bertz CT molecular complexity index is 2250. The molecule has 0 aliphatic heterocycles. The van der Waals surface area contributed by atoms with Gasteiger partial charge >= 0.3 is 5.97 Å². The van der Waals surface area contributed by atoms with Crippen LogP contribution in [0.5, 0.6) is 0 Å². The summed E-state index contributed by atoms with van der Waals surface area (Å²) >= 11 is 4.23. The molecule has 0 amide bonds. The molecule has 0 atom stereocenters. The summed E-state index contributed by atoms with van der Waals surface area (Å²) in [6.07, 6.45) is 3.17. The number of allylic oxidation sites excluding steroid dienone is 2. The molecule has 7 nitrogen and oxygen atoms in total. The molecule has 3 aromatic heterocycles. The molecule has 3 aromatic carbocycles. The fraction of sp³-hybridized carbons (Fsp3) is 0. The van der Waals surface area contributed by atoms with E-state index in [-0.39, 0.29) is 16.0 Å². The first-order valence-corrected chi connectivity index (χ1v) is 17.0. The Kier molecular flexibility index (Phi) is 9.58. The Hall–Kier alpha value is -6.53. The van der Waals surface area contributed by atoms with E-state index >= 15 is 0 Å². The van der Waals surface area contributed by atoms with Gasteiger partial charge in [0.25, 0.3) is 0 Å². The molecule has 0 fully saturated rings. The zero-order valence-electron chi connectivity index (χ0n) is 25.4. The summed E-state index contributed by atoms with van der Waals surface area (Å²) in [6.45, 7) is 0. The quantitative estimate of drug-likeness (QED) is 0.149. The third-order valence-electron chi connectivity index (χ3n) is 7.36. The van der Waals surface area contributed by atoms with Crippen LogP contribution >= 0.6 is 34.0 Å². The molecule has 0 saturated carbocycles. The van der Waals surface area contributed by atoms with Crippen LogP contribution in [0.3, 0.4) is 0 Å². The van der Waals surface area contributed by atoms with Gasteiger partial charge in [-0.25, -0.2) is 4.79 Å². The van der Waals surface area contributed by atoms with E-state index in [1.54, 1.807) is 18.2 Å². The van der Waals surface area contributed by atoms with Gasteiger partial charge < -0.3 is 10.0 Å². The zero-order chi connectivity index (χ0) is 34.3. The average Bonchev–Trinajstić information content (AvgIpc) is 3.93. The molecule has 0 aliphatic carbocycles. The summed E-state index contributed by atoms with van der Waals surface area (Å²) in [6, 6.07) is 43.1. The molecule has 1 N–H and O–H groups in total. The van der Waals surface area contributed by atoms with Gasteiger partial charge in [0.1, 0.15) is 40.3 Å². The SMILES string of the molecule is N#CC(C#N)=Cc1ccc(-c2ccc(N(c3ccc(-c4ccc(C=C(C#N)C#N)s4)cc3)c3ccc(-c4ccc(C(=O)O)s4)cc3)cc2)s1. The summed E-state index contributed by atoms with van der Waals surface area (Å²) in [5, 5.41) is 45.8. The monoisotopic (exact) mass is 687 g/mol. The first-order valence-electron chi connectivity index (χ1n) is 14.6. The van der Waals surface area contributed by atoms with Gasteiger partial charge in [0.05, 0.1) is 0 Å². The summed E-state index contributed by atoms with van der Waals surface area (Å²) in [4.78, 5) is 18.4. The normalized spacial score (nSPS) is 10.1. The number of carbonyl (C=O) groups is 1. The van der Waals surface area contributed by atoms with E-state index in [9.17, 15) is 9.90 Å². The van der Waals surface area contributed by atoms with Crippen LogP contribution in [0, 0.1) is 45.3 Å². The van der Waals surface area contributed by atoms with Crippen molar-refractivity contribution >= 4 is 69.2 Å². The molecule has 232 valence electrons. The van der Waals surface area contributed by atoms with Gasteiger partial charge in [-0.1, -0.05) is 36.4 Å². The van der Waals surface area contributed by atoms with Gasteiger partial charge in [-0.2, -0.15) is 21.0 Å². The van der Waals surface area contributed by atoms with E-state index in [1.807, 2.05) is 127 Å². The third kappa shape index (κ3) is 7.24. The highest BCUT2D eigenvalue weighted by Crippen LogP contribution is 2.40. The lowest BCUT2D eigenvalue weighted by Crippen LogP contribution is -2.09. The van der Waals surface area contributed by atoms with E-state index in [1.165, 1.54) is 34.0 Å². The second-order valence-electron chi connectivity index (χ2n) is 10.4. The number of carboxylic acids is 1. The minimum atomic E-state index is -0.945.